The van der Waals surface area contributed by atoms with Crippen LogP contribution in [0.5, 0.6) is 0 Å². The molecule has 0 aromatic rings. The van der Waals surface area contributed by atoms with Crippen LogP contribution in [-0.4, -0.2) is 0 Å². The Kier molecular flexibility index (Phi) is 63.6. The van der Waals surface area contributed by atoms with Crippen molar-refractivity contribution in [2.45, 2.75) is 61.3 Å². The van der Waals surface area contributed by atoms with Gasteiger partial charge in [-0.2, -0.15) is 0 Å². The summed E-state index contributed by atoms with van der Waals surface area (Å²) in [6.45, 7) is 15.0. The summed E-state index contributed by atoms with van der Waals surface area (Å²) in [6, 6.07) is 0. The third kappa shape index (κ3) is 1530. The molecule has 76 valence electrons. The molecule has 0 N–H and O–H groups in total. The lowest BCUT2D eigenvalue weighted by molar-refractivity contribution is 0.737. The van der Waals surface area contributed by atoms with Gasteiger partial charge in [0.05, 0.1) is 0 Å². The first-order valence-corrected chi connectivity index (χ1v) is 4.56. The molecule has 0 heterocycles. The predicted molar refractivity (Wildman–Crippen MR) is 70.0 cm³/mol. The fourth-order valence-electron chi connectivity index (χ4n) is 0. The van der Waals surface area contributed by atoms with Crippen LogP contribution in [0.2, 0.25) is 0 Å². The molecule has 11 heavy (non-hydrogen) atoms. The van der Waals surface area contributed by atoms with E-state index < -0.39 is 0 Å². The highest BCUT2D eigenvalue weighted by Crippen LogP contribution is 1.81. The average molecular weight is 276 g/mol. The summed E-state index contributed by atoms with van der Waals surface area (Å²) in [5.74, 6) is 0.833. The second-order valence-electron chi connectivity index (χ2n) is 3.15. The molecule has 0 fully saturated rings. The summed E-state index contributed by atoms with van der Waals surface area (Å²) in [7, 11) is 0. The van der Waals surface area contributed by atoms with E-state index in [1.165, 1.54) is 12.8 Å². The van der Waals surface area contributed by atoms with Gasteiger partial charge in [0.2, 0.25) is 0 Å². The van der Waals surface area contributed by atoms with Crippen LogP contribution in [0.25, 0.3) is 0 Å². The van der Waals surface area contributed by atoms with E-state index >= 15 is 0 Å². The van der Waals surface area contributed by atoms with Crippen molar-refractivity contribution in [2.75, 3.05) is 0 Å². The maximum atomic E-state index is 2.17. The summed E-state index contributed by atoms with van der Waals surface area (Å²) in [6.07, 6.45) is 2.50. The smallest absolute Gasteiger partial charge is 0 e. The molecule has 0 aromatic carbocycles. The normalized spacial score (nSPS) is 6.55. The zero-order valence-electron chi connectivity index (χ0n) is 9.40. The minimum Gasteiger partial charge on any atom is -0.107 e. The van der Waals surface area contributed by atoms with Crippen LogP contribution in [0.3, 0.4) is 0 Å². The van der Waals surface area contributed by atoms with Gasteiger partial charge in [0.1, 0.15) is 0 Å². The van der Waals surface area contributed by atoms with Gasteiger partial charge < -0.3 is 0 Å². The quantitative estimate of drug-likeness (QED) is 0.522. The highest BCUT2D eigenvalue weighted by atomic mass is 127. The van der Waals surface area contributed by atoms with E-state index in [4.69, 9.17) is 0 Å². The van der Waals surface area contributed by atoms with Crippen LogP contribution in [0, 0.1) is 5.92 Å². The van der Waals surface area contributed by atoms with Crippen molar-refractivity contribution in [3.63, 3.8) is 0 Å². The Balaban J connectivity index is -0.0000000191. The molecule has 0 radical (unpaired) electrons. The molecular formula is C10H29I. The summed E-state index contributed by atoms with van der Waals surface area (Å²) < 4.78 is 0. The second-order valence-corrected chi connectivity index (χ2v) is 3.15. The van der Waals surface area contributed by atoms with Crippen molar-refractivity contribution in [2.24, 2.45) is 5.92 Å². The Hall–Kier alpha value is 0.730. The first-order chi connectivity index (χ1) is 4.56. The van der Waals surface area contributed by atoms with Gasteiger partial charge in [-0.15, -0.1) is 24.0 Å². The van der Waals surface area contributed by atoms with Crippen molar-refractivity contribution < 1.29 is 1.43 Å². The molecule has 0 rings (SSSR count). The summed E-state index contributed by atoms with van der Waals surface area (Å²) in [5, 5.41) is 0. The molecule has 0 aliphatic rings. The third-order valence-corrected chi connectivity index (χ3v) is 0. The molecule has 0 aliphatic carbocycles. The summed E-state index contributed by atoms with van der Waals surface area (Å²) in [5.41, 5.74) is 0. The van der Waals surface area contributed by atoms with Gasteiger partial charge in [-0.3, -0.25) is 0 Å². The van der Waals surface area contributed by atoms with E-state index in [0.717, 1.165) is 5.92 Å². The Morgan fingerprint density at radius 2 is 0.818 bits per heavy atom. The highest BCUT2D eigenvalue weighted by molar-refractivity contribution is 14.0. The minimum atomic E-state index is 0. The van der Waals surface area contributed by atoms with E-state index in [-0.39, 0.29) is 25.4 Å². The molecule has 0 unspecified atom stereocenters. The number of rotatable bonds is 0. The molecule has 0 saturated carbocycles. The zero-order chi connectivity index (χ0) is 8.99. The van der Waals surface area contributed by atoms with Crippen LogP contribution in [0.15, 0.2) is 0 Å². The van der Waals surface area contributed by atoms with Crippen molar-refractivity contribution >= 4 is 24.0 Å². The second kappa shape index (κ2) is 30.9. The lowest BCUT2D eigenvalue weighted by Crippen LogP contribution is -1.66. The molecule has 0 aliphatic heterocycles. The van der Waals surface area contributed by atoms with Gasteiger partial charge in [0, 0.05) is 1.43 Å². The van der Waals surface area contributed by atoms with Gasteiger partial charge in [0.15, 0.2) is 0 Å². The van der Waals surface area contributed by atoms with Crippen LogP contribution in [0.1, 0.15) is 62.7 Å². The van der Waals surface area contributed by atoms with Gasteiger partial charge in [-0.1, -0.05) is 61.3 Å². The van der Waals surface area contributed by atoms with Crippen LogP contribution < -0.4 is 0 Å². The molecular weight excluding hydrogens is 247 g/mol. The molecule has 0 nitrogen and oxygen atoms in total. The Labute approximate surface area is 92.7 Å². The Morgan fingerprint density at radius 3 is 0.818 bits per heavy atom. The minimum absolute atomic E-state index is 0. The van der Waals surface area contributed by atoms with Crippen molar-refractivity contribution in [3.8, 4) is 0 Å². The Bertz CT molecular complexity index is 26.3. The fourth-order valence-corrected chi connectivity index (χ4v) is 0. The van der Waals surface area contributed by atoms with E-state index in [9.17, 15) is 0 Å². The molecule has 0 bridgehead atoms. The topological polar surface area (TPSA) is 0 Å². The largest absolute Gasteiger partial charge is 0.107 e. The van der Waals surface area contributed by atoms with Gasteiger partial charge in [0.25, 0.3) is 0 Å². The molecule has 0 aromatic heterocycles. The van der Waals surface area contributed by atoms with Gasteiger partial charge in [-0.25, -0.2) is 0 Å². The molecule has 0 spiro atoms. The van der Waals surface area contributed by atoms with Crippen LogP contribution in [0.4, 0.5) is 0 Å². The number of hydrogen-bond acceptors (Lipinski definition) is 0. The fraction of sp³-hybridized carbons (Fsp3) is 1.00. The monoisotopic (exact) mass is 276 g/mol. The van der Waals surface area contributed by atoms with Crippen LogP contribution >= 0.6 is 24.0 Å². The van der Waals surface area contributed by atoms with E-state index in [1.807, 2.05) is 0 Å². The standard InChI is InChI=1S/C4H10.2C3H8.HI.H2/c1-4(2)3;2*1-3-2;;/h4H,1-3H3;2*3H2,1-2H3;2*1H. The maximum Gasteiger partial charge on any atom is 0 e. The van der Waals surface area contributed by atoms with Crippen molar-refractivity contribution in [1.29, 1.82) is 0 Å². The van der Waals surface area contributed by atoms with Crippen LogP contribution in [-0.2, 0) is 0 Å². The Morgan fingerprint density at radius 1 is 0.818 bits per heavy atom. The zero-order valence-corrected chi connectivity index (χ0v) is 11.7. The average Bonchev–Trinajstić information content (AvgIpc) is 1.65. The first-order valence-electron chi connectivity index (χ1n) is 4.56. The van der Waals surface area contributed by atoms with E-state index in [2.05, 4.69) is 48.5 Å². The van der Waals surface area contributed by atoms with E-state index in [0.29, 0.717) is 0 Å². The van der Waals surface area contributed by atoms with Crippen molar-refractivity contribution in [3.05, 3.63) is 0 Å². The predicted octanol–water partition coefficient (Wildman–Crippen LogP) is 5.36. The number of halogens is 1. The summed E-state index contributed by atoms with van der Waals surface area (Å²) >= 11 is 0. The number of hydrogen-bond donors (Lipinski definition) is 0. The molecule has 0 amide bonds. The first kappa shape index (κ1) is 22.6. The highest BCUT2D eigenvalue weighted by Gasteiger charge is 1.68. The summed E-state index contributed by atoms with van der Waals surface area (Å²) in [4.78, 5) is 0. The molecule has 1 heteroatoms. The van der Waals surface area contributed by atoms with Gasteiger partial charge >= 0.3 is 0 Å². The lowest BCUT2D eigenvalue weighted by atomic mass is 10.3. The van der Waals surface area contributed by atoms with Crippen molar-refractivity contribution in [1.82, 2.24) is 0 Å². The lowest BCUT2D eigenvalue weighted by Gasteiger charge is -1.79. The SMILES string of the molecule is CC(C)C.CCC.CCC.I.[HH]. The molecule has 0 saturated heterocycles. The maximum absolute atomic E-state index is 2.17. The molecule has 0 atom stereocenters. The van der Waals surface area contributed by atoms with E-state index in [1.54, 1.807) is 0 Å². The van der Waals surface area contributed by atoms with Gasteiger partial charge in [-0.05, 0) is 5.92 Å². The third-order valence-electron chi connectivity index (χ3n) is 0.